The molecule has 1 aliphatic heterocycles. The molecule has 2 aromatic carbocycles. The van der Waals surface area contributed by atoms with E-state index in [4.69, 9.17) is 21.1 Å². The molecule has 0 radical (unpaired) electrons. The van der Waals surface area contributed by atoms with Crippen molar-refractivity contribution in [1.29, 1.82) is 0 Å². The average Bonchev–Trinajstić information content (AvgIpc) is 2.82. The van der Waals surface area contributed by atoms with Crippen molar-refractivity contribution in [2.45, 2.75) is 32.0 Å². The van der Waals surface area contributed by atoms with Gasteiger partial charge in [-0.25, -0.2) is 9.18 Å². The van der Waals surface area contributed by atoms with Crippen LogP contribution in [-0.2, 0) is 19.8 Å². The van der Waals surface area contributed by atoms with E-state index in [1.165, 1.54) is 22.8 Å². The first-order chi connectivity index (χ1) is 16.6. The minimum atomic E-state index is -4.67. The molecule has 0 aliphatic carbocycles. The molecule has 2 heterocycles. The van der Waals surface area contributed by atoms with Crippen LogP contribution in [0.15, 0.2) is 47.3 Å². The van der Waals surface area contributed by atoms with Gasteiger partial charge in [-0.3, -0.25) is 4.57 Å². The SMILES string of the molecule is Cn1c(N2CCCCC2)cc(OCc2ccc(Oc3ccc(Cl)c(C(F)(F)F)c3)c(F)c2)nc1=O. The van der Waals surface area contributed by atoms with Crippen molar-refractivity contribution < 1.29 is 27.0 Å². The Balaban J connectivity index is 1.46. The molecule has 0 spiro atoms. The van der Waals surface area contributed by atoms with Gasteiger partial charge >= 0.3 is 11.9 Å². The molecular weight excluding hydrogens is 490 g/mol. The predicted molar refractivity (Wildman–Crippen MR) is 123 cm³/mol. The monoisotopic (exact) mass is 511 g/mol. The minimum absolute atomic E-state index is 0.0734. The normalized spacial score (nSPS) is 14.2. The Bertz CT molecular complexity index is 1270. The van der Waals surface area contributed by atoms with Crippen LogP contribution in [0.1, 0.15) is 30.4 Å². The van der Waals surface area contributed by atoms with E-state index in [0.29, 0.717) is 17.4 Å². The van der Waals surface area contributed by atoms with E-state index >= 15 is 0 Å². The summed E-state index contributed by atoms with van der Waals surface area (Å²) < 4.78 is 66.1. The molecule has 0 atom stereocenters. The molecule has 0 unspecified atom stereocenters. The minimum Gasteiger partial charge on any atom is -0.473 e. The van der Waals surface area contributed by atoms with E-state index in [-0.39, 0.29) is 24.0 Å². The van der Waals surface area contributed by atoms with Crippen molar-refractivity contribution in [1.82, 2.24) is 9.55 Å². The third-order valence-electron chi connectivity index (χ3n) is 5.62. The molecule has 4 rings (SSSR count). The van der Waals surface area contributed by atoms with Gasteiger partial charge in [-0.2, -0.15) is 18.2 Å². The summed E-state index contributed by atoms with van der Waals surface area (Å²) in [6.45, 7) is 1.60. The van der Waals surface area contributed by atoms with E-state index < -0.39 is 28.3 Å². The Morgan fingerprint density at radius 1 is 1.06 bits per heavy atom. The van der Waals surface area contributed by atoms with Crippen molar-refractivity contribution in [2.75, 3.05) is 18.0 Å². The van der Waals surface area contributed by atoms with Gasteiger partial charge in [0.05, 0.1) is 10.6 Å². The maximum absolute atomic E-state index is 14.6. The van der Waals surface area contributed by atoms with E-state index in [9.17, 15) is 22.4 Å². The van der Waals surface area contributed by atoms with Gasteiger partial charge in [0.1, 0.15) is 18.2 Å². The van der Waals surface area contributed by atoms with Crippen LogP contribution >= 0.6 is 11.6 Å². The summed E-state index contributed by atoms with van der Waals surface area (Å²) in [7, 11) is 1.65. The largest absolute Gasteiger partial charge is 0.473 e. The van der Waals surface area contributed by atoms with Crippen LogP contribution in [0.5, 0.6) is 17.4 Å². The van der Waals surface area contributed by atoms with Crippen LogP contribution in [0.3, 0.4) is 0 Å². The van der Waals surface area contributed by atoms with Gasteiger partial charge in [0.25, 0.3) is 0 Å². The number of hydrogen-bond acceptors (Lipinski definition) is 5. The van der Waals surface area contributed by atoms with Gasteiger partial charge in [-0.1, -0.05) is 17.7 Å². The lowest BCUT2D eigenvalue weighted by Crippen LogP contribution is -2.35. The Morgan fingerprint density at radius 3 is 2.49 bits per heavy atom. The van der Waals surface area contributed by atoms with Gasteiger partial charge in [-0.05, 0) is 55.2 Å². The maximum atomic E-state index is 14.6. The fourth-order valence-corrected chi connectivity index (χ4v) is 4.02. The van der Waals surface area contributed by atoms with Crippen molar-refractivity contribution in [3.8, 4) is 17.4 Å². The second-order valence-electron chi connectivity index (χ2n) is 8.14. The standard InChI is InChI=1S/C24H22ClF4N3O3/c1-31-22(32-9-3-2-4-10-32)13-21(30-23(31)33)34-14-15-5-8-20(19(26)11-15)35-16-6-7-18(25)17(12-16)24(27,28)29/h5-8,11-13H,2-4,9-10,14H2,1H3. The van der Waals surface area contributed by atoms with Gasteiger partial charge in [0.15, 0.2) is 11.6 Å². The number of benzene rings is 2. The first-order valence-corrected chi connectivity index (χ1v) is 11.3. The van der Waals surface area contributed by atoms with E-state index in [0.717, 1.165) is 44.5 Å². The summed E-state index contributed by atoms with van der Waals surface area (Å²) in [5, 5.41) is -0.481. The molecule has 6 nitrogen and oxygen atoms in total. The number of hydrogen-bond donors (Lipinski definition) is 0. The number of aromatic nitrogens is 2. The van der Waals surface area contributed by atoms with Crippen LogP contribution in [0.2, 0.25) is 5.02 Å². The topological polar surface area (TPSA) is 56.6 Å². The molecule has 3 aromatic rings. The summed E-state index contributed by atoms with van der Waals surface area (Å²) in [6.07, 6.45) is -1.45. The highest BCUT2D eigenvalue weighted by Gasteiger charge is 2.33. The average molecular weight is 512 g/mol. The number of piperidine rings is 1. The lowest BCUT2D eigenvalue weighted by Gasteiger charge is -2.29. The smallest absolute Gasteiger partial charge is 0.417 e. The van der Waals surface area contributed by atoms with Crippen molar-refractivity contribution >= 4 is 17.4 Å². The predicted octanol–water partition coefficient (Wildman–Crippen LogP) is 5.95. The Labute approximate surface area is 203 Å². The number of alkyl halides is 3. The third kappa shape index (κ3) is 5.87. The van der Waals surface area contributed by atoms with Crippen molar-refractivity contribution in [3.63, 3.8) is 0 Å². The van der Waals surface area contributed by atoms with Crippen LogP contribution in [0.4, 0.5) is 23.4 Å². The highest BCUT2D eigenvalue weighted by atomic mass is 35.5. The Kier molecular flexibility index (Phi) is 7.20. The van der Waals surface area contributed by atoms with Crippen molar-refractivity contribution in [2.24, 2.45) is 7.05 Å². The second-order valence-corrected chi connectivity index (χ2v) is 8.54. The second kappa shape index (κ2) is 10.2. The highest BCUT2D eigenvalue weighted by Crippen LogP contribution is 2.38. The first-order valence-electron chi connectivity index (χ1n) is 10.9. The molecule has 0 amide bonds. The lowest BCUT2D eigenvalue weighted by molar-refractivity contribution is -0.137. The molecule has 35 heavy (non-hydrogen) atoms. The number of rotatable bonds is 6. The van der Waals surface area contributed by atoms with E-state index in [1.54, 1.807) is 13.1 Å². The fraction of sp³-hybridized carbons (Fsp3) is 0.333. The summed E-state index contributed by atoms with van der Waals surface area (Å²) in [6, 6.07) is 8.57. The van der Waals surface area contributed by atoms with Gasteiger partial charge in [0.2, 0.25) is 5.88 Å². The molecule has 11 heteroatoms. The Hall–Kier alpha value is -3.27. The van der Waals surface area contributed by atoms with Crippen LogP contribution in [0, 0.1) is 5.82 Å². The molecule has 1 aromatic heterocycles. The molecule has 186 valence electrons. The van der Waals surface area contributed by atoms with Gasteiger partial charge < -0.3 is 14.4 Å². The number of nitrogens with zero attached hydrogens (tertiary/aromatic N) is 3. The molecule has 0 bridgehead atoms. The zero-order chi connectivity index (χ0) is 25.2. The molecule has 0 N–H and O–H groups in total. The molecule has 1 fully saturated rings. The highest BCUT2D eigenvalue weighted by molar-refractivity contribution is 6.31. The first kappa shape index (κ1) is 24.8. The molecular formula is C24H22ClF4N3O3. The van der Waals surface area contributed by atoms with Crippen LogP contribution < -0.4 is 20.1 Å². The zero-order valence-corrected chi connectivity index (χ0v) is 19.5. The quantitative estimate of drug-likeness (QED) is 0.383. The number of halogens is 5. The van der Waals surface area contributed by atoms with Gasteiger partial charge in [0, 0.05) is 26.2 Å². The lowest BCUT2D eigenvalue weighted by atomic mass is 10.1. The maximum Gasteiger partial charge on any atom is 0.417 e. The molecule has 1 saturated heterocycles. The zero-order valence-electron chi connectivity index (χ0n) is 18.7. The van der Waals surface area contributed by atoms with E-state index in [1.807, 2.05) is 0 Å². The summed E-state index contributed by atoms with van der Waals surface area (Å²) in [5.41, 5.74) is -1.12. The molecule has 0 saturated carbocycles. The van der Waals surface area contributed by atoms with E-state index in [2.05, 4.69) is 9.88 Å². The Morgan fingerprint density at radius 2 is 1.80 bits per heavy atom. The van der Waals surface area contributed by atoms with Crippen molar-refractivity contribution in [3.05, 3.63) is 74.9 Å². The van der Waals surface area contributed by atoms with Gasteiger partial charge in [-0.15, -0.1) is 0 Å². The number of ether oxygens (including phenoxy) is 2. The number of anilines is 1. The fourth-order valence-electron chi connectivity index (χ4n) is 3.79. The third-order valence-corrected chi connectivity index (χ3v) is 5.95. The van der Waals surface area contributed by atoms with Crippen LogP contribution in [0.25, 0.3) is 0 Å². The van der Waals surface area contributed by atoms with Crippen LogP contribution in [-0.4, -0.2) is 22.6 Å². The molecule has 1 aliphatic rings. The summed E-state index contributed by atoms with van der Waals surface area (Å²) in [5.74, 6) is -0.436. The summed E-state index contributed by atoms with van der Waals surface area (Å²) >= 11 is 5.60. The summed E-state index contributed by atoms with van der Waals surface area (Å²) in [4.78, 5) is 18.3.